The SMILES string of the molecule is CC1(O)CC(=O)OC(CCc2ccc(Oc3ccccc3)cc2)C1. The van der Waals surface area contributed by atoms with E-state index in [9.17, 15) is 9.90 Å². The van der Waals surface area contributed by atoms with Gasteiger partial charge in [-0.05, 0) is 49.6 Å². The van der Waals surface area contributed by atoms with E-state index in [1.807, 2.05) is 54.6 Å². The van der Waals surface area contributed by atoms with Gasteiger partial charge in [0, 0.05) is 6.42 Å². The van der Waals surface area contributed by atoms with Gasteiger partial charge in [0.2, 0.25) is 0 Å². The minimum absolute atomic E-state index is 0.0784. The van der Waals surface area contributed by atoms with Crippen molar-refractivity contribution in [3.8, 4) is 11.5 Å². The van der Waals surface area contributed by atoms with E-state index in [-0.39, 0.29) is 18.5 Å². The van der Waals surface area contributed by atoms with E-state index < -0.39 is 5.60 Å². The Hall–Kier alpha value is -2.33. The minimum Gasteiger partial charge on any atom is -0.462 e. The Kier molecular flexibility index (Phi) is 4.86. The highest BCUT2D eigenvalue weighted by Crippen LogP contribution is 2.28. The van der Waals surface area contributed by atoms with Gasteiger partial charge in [0.15, 0.2) is 0 Å². The molecule has 24 heavy (non-hydrogen) atoms. The van der Waals surface area contributed by atoms with Crippen molar-refractivity contribution < 1.29 is 19.4 Å². The van der Waals surface area contributed by atoms with Crippen LogP contribution in [0.4, 0.5) is 0 Å². The number of hydrogen-bond acceptors (Lipinski definition) is 4. The molecule has 0 aromatic heterocycles. The summed E-state index contributed by atoms with van der Waals surface area (Å²) in [7, 11) is 0. The fourth-order valence-electron chi connectivity index (χ4n) is 2.98. The standard InChI is InChI=1S/C20H22O4/c1-20(22)13-18(24-19(21)14-20)12-9-15-7-10-17(11-8-15)23-16-5-3-2-4-6-16/h2-8,10-11,18,22H,9,12-14H2,1H3. The number of para-hydroxylation sites is 1. The average Bonchev–Trinajstić information content (AvgIpc) is 2.53. The molecule has 0 amide bonds. The van der Waals surface area contributed by atoms with E-state index in [1.165, 1.54) is 0 Å². The molecule has 2 atom stereocenters. The molecule has 4 nitrogen and oxygen atoms in total. The molecular weight excluding hydrogens is 304 g/mol. The number of ether oxygens (including phenoxy) is 2. The van der Waals surface area contributed by atoms with Crippen molar-refractivity contribution in [3.63, 3.8) is 0 Å². The summed E-state index contributed by atoms with van der Waals surface area (Å²) in [5, 5.41) is 10.1. The second-order valence-corrected chi connectivity index (χ2v) is 6.59. The van der Waals surface area contributed by atoms with Gasteiger partial charge in [-0.2, -0.15) is 0 Å². The van der Waals surface area contributed by atoms with Crippen LogP contribution < -0.4 is 4.74 Å². The van der Waals surface area contributed by atoms with Gasteiger partial charge in [-0.3, -0.25) is 4.79 Å². The van der Waals surface area contributed by atoms with Crippen molar-refractivity contribution in [2.75, 3.05) is 0 Å². The number of carbonyl (C=O) groups excluding carboxylic acids is 1. The Morgan fingerprint density at radius 2 is 1.79 bits per heavy atom. The maximum atomic E-state index is 11.5. The first-order valence-electron chi connectivity index (χ1n) is 8.24. The Labute approximate surface area is 142 Å². The normalized spacial score (nSPS) is 23.6. The average molecular weight is 326 g/mol. The summed E-state index contributed by atoms with van der Waals surface area (Å²) in [6.45, 7) is 1.69. The third kappa shape index (κ3) is 4.59. The molecule has 1 aliphatic rings. The molecule has 0 radical (unpaired) electrons. The van der Waals surface area contributed by atoms with Gasteiger partial charge in [-0.15, -0.1) is 0 Å². The van der Waals surface area contributed by atoms with Gasteiger partial charge in [0.25, 0.3) is 0 Å². The zero-order valence-corrected chi connectivity index (χ0v) is 13.8. The molecule has 2 aromatic rings. The van der Waals surface area contributed by atoms with Gasteiger partial charge in [-0.1, -0.05) is 30.3 Å². The highest BCUT2D eigenvalue weighted by molar-refractivity contribution is 5.71. The maximum Gasteiger partial charge on any atom is 0.308 e. The van der Waals surface area contributed by atoms with Crippen LogP contribution in [0.2, 0.25) is 0 Å². The predicted octanol–water partition coefficient (Wildman–Crippen LogP) is 3.87. The van der Waals surface area contributed by atoms with Gasteiger partial charge in [0.1, 0.15) is 17.6 Å². The second-order valence-electron chi connectivity index (χ2n) is 6.59. The smallest absolute Gasteiger partial charge is 0.308 e. The van der Waals surface area contributed by atoms with Gasteiger partial charge in [-0.25, -0.2) is 0 Å². The molecule has 0 aliphatic carbocycles. The van der Waals surface area contributed by atoms with Crippen molar-refractivity contribution in [2.24, 2.45) is 0 Å². The molecule has 0 spiro atoms. The Morgan fingerprint density at radius 1 is 1.12 bits per heavy atom. The van der Waals surface area contributed by atoms with Crippen LogP contribution in [0.15, 0.2) is 54.6 Å². The molecule has 0 bridgehead atoms. The first-order chi connectivity index (χ1) is 11.5. The Balaban J connectivity index is 1.54. The number of hydrogen-bond donors (Lipinski definition) is 1. The van der Waals surface area contributed by atoms with Crippen LogP contribution in [0, 0.1) is 0 Å². The largest absolute Gasteiger partial charge is 0.462 e. The number of carbonyl (C=O) groups is 1. The molecule has 2 aromatic carbocycles. The lowest BCUT2D eigenvalue weighted by atomic mass is 9.89. The highest BCUT2D eigenvalue weighted by Gasteiger charge is 2.35. The van der Waals surface area contributed by atoms with Gasteiger partial charge in [0.05, 0.1) is 12.0 Å². The van der Waals surface area contributed by atoms with Crippen LogP contribution in [0.1, 0.15) is 31.7 Å². The first-order valence-corrected chi connectivity index (χ1v) is 8.24. The summed E-state index contributed by atoms with van der Waals surface area (Å²) in [6.07, 6.45) is 1.85. The molecule has 1 fully saturated rings. The lowest BCUT2D eigenvalue weighted by Gasteiger charge is -2.33. The van der Waals surface area contributed by atoms with Gasteiger partial charge >= 0.3 is 5.97 Å². The molecule has 2 unspecified atom stereocenters. The third-order valence-corrected chi connectivity index (χ3v) is 4.15. The molecule has 0 saturated carbocycles. The van der Waals surface area contributed by atoms with Crippen LogP contribution in [0.3, 0.4) is 0 Å². The number of esters is 1. The zero-order valence-electron chi connectivity index (χ0n) is 13.8. The summed E-state index contributed by atoms with van der Waals surface area (Å²) in [5.74, 6) is 1.28. The number of cyclic esters (lactones) is 1. The fraction of sp³-hybridized carbons (Fsp3) is 0.350. The summed E-state index contributed by atoms with van der Waals surface area (Å²) >= 11 is 0. The molecule has 1 heterocycles. The van der Waals surface area contributed by atoms with Crippen molar-refractivity contribution in [2.45, 2.75) is 44.3 Å². The molecule has 1 aliphatic heterocycles. The molecule has 4 heteroatoms. The molecule has 3 rings (SSSR count). The van der Waals surface area contributed by atoms with Crippen molar-refractivity contribution in [1.82, 2.24) is 0 Å². The fourth-order valence-corrected chi connectivity index (χ4v) is 2.98. The van der Waals surface area contributed by atoms with Crippen molar-refractivity contribution in [3.05, 3.63) is 60.2 Å². The lowest BCUT2D eigenvalue weighted by molar-refractivity contribution is -0.168. The number of rotatable bonds is 5. The van der Waals surface area contributed by atoms with E-state index in [1.54, 1.807) is 6.92 Å². The topological polar surface area (TPSA) is 55.8 Å². The maximum absolute atomic E-state index is 11.5. The first kappa shape index (κ1) is 16.5. The predicted molar refractivity (Wildman–Crippen MR) is 91.0 cm³/mol. The number of benzene rings is 2. The van der Waals surface area contributed by atoms with Crippen molar-refractivity contribution >= 4 is 5.97 Å². The van der Waals surface area contributed by atoms with E-state index in [0.29, 0.717) is 12.8 Å². The second kappa shape index (κ2) is 7.05. The molecular formula is C20H22O4. The molecule has 1 N–H and O–H groups in total. The van der Waals surface area contributed by atoms with Crippen LogP contribution in [-0.4, -0.2) is 22.8 Å². The lowest BCUT2D eigenvalue weighted by Crippen LogP contribution is -2.41. The summed E-state index contributed by atoms with van der Waals surface area (Å²) in [4.78, 5) is 11.5. The highest BCUT2D eigenvalue weighted by atomic mass is 16.5. The minimum atomic E-state index is -0.951. The van der Waals surface area contributed by atoms with Crippen LogP contribution in [0.5, 0.6) is 11.5 Å². The summed E-state index contributed by atoms with van der Waals surface area (Å²) in [6, 6.07) is 17.5. The summed E-state index contributed by atoms with van der Waals surface area (Å²) in [5.41, 5.74) is 0.199. The van der Waals surface area contributed by atoms with Crippen molar-refractivity contribution in [1.29, 1.82) is 0 Å². The number of aryl methyl sites for hydroxylation is 1. The van der Waals surface area contributed by atoms with E-state index in [2.05, 4.69) is 0 Å². The monoisotopic (exact) mass is 326 g/mol. The molecule has 126 valence electrons. The Bertz CT molecular complexity index is 677. The van der Waals surface area contributed by atoms with Crippen LogP contribution >= 0.6 is 0 Å². The van der Waals surface area contributed by atoms with E-state index >= 15 is 0 Å². The van der Waals surface area contributed by atoms with E-state index in [4.69, 9.17) is 9.47 Å². The Morgan fingerprint density at radius 3 is 2.46 bits per heavy atom. The van der Waals surface area contributed by atoms with Gasteiger partial charge < -0.3 is 14.6 Å². The summed E-state index contributed by atoms with van der Waals surface area (Å²) < 4.78 is 11.1. The number of aliphatic hydroxyl groups is 1. The quantitative estimate of drug-likeness (QED) is 0.848. The third-order valence-electron chi connectivity index (χ3n) is 4.15. The van der Waals surface area contributed by atoms with E-state index in [0.717, 1.165) is 23.5 Å². The zero-order chi connectivity index (χ0) is 17.0. The van der Waals surface area contributed by atoms with Crippen LogP contribution in [-0.2, 0) is 16.0 Å². The molecule has 1 saturated heterocycles. The van der Waals surface area contributed by atoms with Crippen LogP contribution in [0.25, 0.3) is 0 Å².